The summed E-state index contributed by atoms with van der Waals surface area (Å²) in [5.41, 5.74) is 6.05. The molecule has 1 unspecified atom stereocenters. The Bertz CT molecular complexity index is 472. The van der Waals surface area contributed by atoms with Gasteiger partial charge in [0.1, 0.15) is 4.90 Å². The number of nitrogens with one attached hydrogen (secondary N) is 1. The van der Waals surface area contributed by atoms with Crippen molar-refractivity contribution in [3.8, 4) is 0 Å². The monoisotopic (exact) mass is 246 g/mol. The van der Waals surface area contributed by atoms with Crippen molar-refractivity contribution in [1.29, 1.82) is 0 Å². The standard InChI is InChI=1S/C9H14N2O4S/c1-11-16(13,14)8-4-3-6(5-7(8)10)9(12)15-2/h3-5,9,11-12H,10H2,1-2H3. The number of anilines is 1. The third kappa shape index (κ3) is 2.50. The second-order valence-corrected chi connectivity index (χ2v) is 4.95. The normalized spacial score (nSPS) is 13.7. The summed E-state index contributed by atoms with van der Waals surface area (Å²) in [6.07, 6.45) is -1.12. The molecule has 0 saturated carbocycles. The number of methoxy groups -OCH3 is 1. The lowest BCUT2D eigenvalue weighted by Crippen LogP contribution is -2.20. The molecule has 90 valence electrons. The zero-order valence-electron chi connectivity index (χ0n) is 8.97. The highest BCUT2D eigenvalue weighted by atomic mass is 32.2. The molecular weight excluding hydrogens is 232 g/mol. The number of aliphatic hydroxyl groups is 1. The average molecular weight is 246 g/mol. The second-order valence-electron chi connectivity index (χ2n) is 3.09. The van der Waals surface area contributed by atoms with Gasteiger partial charge in [-0.1, -0.05) is 6.07 Å². The minimum Gasteiger partial charge on any atom is -0.398 e. The van der Waals surface area contributed by atoms with Crippen molar-refractivity contribution < 1.29 is 18.3 Å². The Balaban J connectivity index is 3.20. The molecule has 4 N–H and O–H groups in total. The summed E-state index contributed by atoms with van der Waals surface area (Å²) in [7, 11) is -0.945. The van der Waals surface area contributed by atoms with Crippen LogP contribution in [0.4, 0.5) is 5.69 Å². The Morgan fingerprint density at radius 1 is 1.50 bits per heavy atom. The number of hydrogen-bond acceptors (Lipinski definition) is 5. The highest BCUT2D eigenvalue weighted by Gasteiger charge is 2.16. The lowest BCUT2D eigenvalue weighted by atomic mass is 10.2. The largest absolute Gasteiger partial charge is 0.398 e. The topological polar surface area (TPSA) is 102 Å². The Morgan fingerprint density at radius 3 is 2.56 bits per heavy atom. The van der Waals surface area contributed by atoms with E-state index in [0.717, 1.165) is 0 Å². The molecule has 0 aliphatic heterocycles. The maximum absolute atomic E-state index is 11.5. The molecule has 1 atom stereocenters. The molecule has 0 bridgehead atoms. The SMILES string of the molecule is CNS(=O)(=O)c1ccc(C(O)OC)cc1N. The van der Waals surface area contributed by atoms with Crippen LogP contribution in [0.2, 0.25) is 0 Å². The van der Waals surface area contributed by atoms with E-state index in [0.29, 0.717) is 5.56 Å². The van der Waals surface area contributed by atoms with E-state index in [-0.39, 0.29) is 10.6 Å². The zero-order chi connectivity index (χ0) is 12.3. The first-order chi connectivity index (χ1) is 7.42. The molecule has 0 spiro atoms. The number of nitrogens with two attached hydrogens (primary N) is 1. The summed E-state index contributed by atoms with van der Waals surface area (Å²) < 4.78 is 29.8. The summed E-state index contributed by atoms with van der Waals surface area (Å²) in [6.45, 7) is 0. The van der Waals surface area contributed by atoms with Crippen LogP contribution in [0.1, 0.15) is 11.9 Å². The van der Waals surface area contributed by atoms with Crippen molar-refractivity contribution in [3.63, 3.8) is 0 Å². The molecule has 0 saturated heterocycles. The minimum atomic E-state index is -3.58. The van der Waals surface area contributed by atoms with Gasteiger partial charge in [-0.05, 0) is 19.2 Å². The highest BCUT2D eigenvalue weighted by molar-refractivity contribution is 7.89. The maximum atomic E-state index is 11.5. The van der Waals surface area contributed by atoms with E-state index in [2.05, 4.69) is 9.46 Å². The molecule has 0 radical (unpaired) electrons. The summed E-state index contributed by atoms with van der Waals surface area (Å²) in [5.74, 6) is 0. The Hall–Kier alpha value is -1.15. The van der Waals surface area contributed by atoms with Gasteiger partial charge in [-0.3, -0.25) is 0 Å². The van der Waals surface area contributed by atoms with Crippen LogP contribution in [0, 0.1) is 0 Å². The number of aliphatic hydroxyl groups excluding tert-OH is 1. The Kier molecular flexibility index (Phi) is 3.87. The van der Waals surface area contributed by atoms with Gasteiger partial charge in [0, 0.05) is 12.7 Å². The fourth-order valence-corrected chi connectivity index (χ4v) is 2.05. The molecule has 0 heterocycles. The minimum absolute atomic E-state index is 0.0259. The molecule has 6 nitrogen and oxygen atoms in total. The summed E-state index contributed by atoms with van der Waals surface area (Å²) >= 11 is 0. The van der Waals surface area contributed by atoms with Gasteiger partial charge in [-0.15, -0.1) is 0 Å². The van der Waals surface area contributed by atoms with Crippen LogP contribution >= 0.6 is 0 Å². The van der Waals surface area contributed by atoms with E-state index in [1.54, 1.807) is 0 Å². The van der Waals surface area contributed by atoms with Gasteiger partial charge in [0.2, 0.25) is 10.0 Å². The molecule has 0 amide bonds. The number of nitrogen functional groups attached to an aromatic ring is 1. The summed E-state index contributed by atoms with van der Waals surface area (Å²) in [4.78, 5) is -0.0259. The van der Waals surface area contributed by atoms with E-state index >= 15 is 0 Å². The van der Waals surface area contributed by atoms with Gasteiger partial charge >= 0.3 is 0 Å². The first-order valence-electron chi connectivity index (χ1n) is 4.46. The van der Waals surface area contributed by atoms with Crippen LogP contribution in [0.3, 0.4) is 0 Å². The van der Waals surface area contributed by atoms with Crippen molar-refractivity contribution in [2.45, 2.75) is 11.2 Å². The molecular formula is C9H14N2O4S. The lowest BCUT2D eigenvalue weighted by molar-refractivity contribution is -0.0769. The van der Waals surface area contributed by atoms with E-state index in [4.69, 9.17) is 5.73 Å². The number of ether oxygens (including phenoxy) is 1. The number of benzene rings is 1. The molecule has 7 heteroatoms. The predicted octanol–water partition coefficient (Wildman–Crippen LogP) is -0.186. The van der Waals surface area contributed by atoms with E-state index < -0.39 is 16.3 Å². The number of sulfonamides is 1. The zero-order valence-corrected chi connectivity index (χ0v) is 9.78. The lowest BCUT2D eigenvalue weighted by Gasteiger charge is -2.11. The quantitative estimate of drug-likeness (QED) is 0.505. The first-order valence-corrected chi connectivity index (χ1v) is 5.94. The van der Waals surface area contributed by atoms with Crippen molar-refractivity contribution in [1.82, 2.24) is 4.72 Å². The van der Waals surface area contributed by atoms with Gasteiger partial charge in [0.25, 0.3) is 0 Å². The Morgan fingerprint density at radius 2 is 2.12 bits per heavy atom. The molecule has 16 heavy (non-hydrogen) atoms. The summed E-state index contributed by atoms with van der Waals surface area (Å²) in [5, 5.41) is 9.36. The molecule has 1 rings (SSSR count). The summed E-state index contributed by atoms with van der Waals surface area (Å²) in [6, 6.07) is 4.12. The van der Waals surface area contributed by atoms with Crippen LogP contribution in [0.25, 0.3) is 0 Å². The molecule has 1 aromatic carbocycles. The second kappa shape index (κ2) is 4.79. The van der Waals surface area contributed by atoms with Crippen molar-refractivity contribution in [2.24, 2.45) is 0 Å². The van der Waals surface area contributed by atoms with Crippen LogP contribution in [0.15, 0.2) is 23.1 Å². The number of hydrogen-bond donors (Lipinski definition) is 3. The fraction of sp³-hybridized carbons (Fsp3) is 0.333. The van der Waals surface area contributed by atoms with Crippen LogP contribution in [0.5, 0.6) is 0 Å². The van der Waals surface area contributed by atoms with Gasteiger partial charge in [-0.25, -0.2) is 13.1 Å². The average Bonchev–Trinajstić information content (AvgIpc) is 2.27. The molecule has 1 aromatic rings. The smallest absolute Gasteiger partial charge is 0.242 e. The molecule has 0 fully saturated rings. The van der Waals surface area contributed by atoms with E-state index in [1.807, 2.05) is 0 Å². The van der Waals surface area contributed by atoms with E-state index in [1.165, 1.54) is 32.4 Å². The maximum Gasteiger partial charge on any atom is 0.242 e. The van der Waals surface area contributed by atoms with Crippen molar-refractivity contribution in [3.05, 3.63) is 23.8 Å². The van der Waals surface area contributed by atoms with Gasteiger partial charge in [0.15, 0.2) is 6.29 Å². The molecule has 0 aliphatic carbocycles. The van der Waals surface area contributed by atoms with Crippen LogP contribution in [-0.2, 0) is 14.8 Å². The number of rotatable bonds is 4. The van der Waals surface area contributed by atoms with Gasteiger partial charge in [0.05, 0.1) is 5.69 Å². The van der Waals surface area contributed by atoms with Crippen LogP contribution in [-0.4, -0.2) is 27.7 Å². The molecule has 0 aromatic heterocycles. The van der Waals surface area contributed by atoms with Gasteiger partial charge in [-0.2, -0.15) is 0 Å². The van der Waals surface area contributed by atoms with Crippen LogP contribution < -0.4 is 10.5 Å². The molecule has 0 aliphatic rings. The van der Waals surface area contributed by atoms with Crippen molar-refractivity contribution in [2.75, 3.05) is 19.9 Å². The Labute approximate surface area is 94.1 Å². The third-order valence-corrected chi connectivity index (χ3v) is 3.59. The van der Waals surface area contributed by atoms with Gasteiger partial charge < -0.3 is 15.6 Å². The fourth-order valence-electron chi connectivity index (χ4n) is 1.21. The highest BCUT2D eigenvalue weighted by Crippen LogP contribution is 2.23. The predicted molar refractivity (Wildman–Crippen MR) is 59.1 cm³/mol. The first kappa shape index (κ1) is 12.9. The third-order valence-electron chi connectivity index (χ3n) is 2.10. The van der Waals surface area contributed by atoms with Crippen molar-refractivity contribution >= 4 is 15.7 Å². The van der Waals surface area contributed by atoms with E-state index in [9.17, 15) is 13.5 Å².